The van der Waals surface area contributed by atoms with Gasteiger partial charge in [0, 0.05) is 17.5 Å². The topological polar surface area (TPSA) is 15.8 Å². The van der Waals surface area contributed by atoms with Crippen LogP contribution < -0.4 is 0 Å². The van der Waals surface area contributed by atoms with Crippen molar-refractivity contribution in [1.29, 1.82) is 0 Å². The first-order valence-corrected chi connectivity index (χ1v) is 4.97. The summed E-state index contributed by atoms with van der Waals surface area (Å²) in [6, 6.07) is 4.26. The van der Waals surface area contributed by atoms with Crippen LogP contribution >= 0.6 is 11.6 Å². The van der Waals surface area contributed by atoms with Gasteiger partial charge in [0.1, 0.15) is 5.82 Å². The summed E-state index contributed by atoms with van der Waals surface area (Å²) in [6.07, 6.45) is -3.19. The molecule has 0 aliphatic carbocycles. The number of benzene rings is 1. The van der Waals surface area contributed by atoms with Gasteiger partial charge >= 0.3 is 6.18 Å². The van der Waals surface area contributed by atoms with Crippen molar-refractivity contribution in [3.8, 4) is 11.3 Å². The summed E-state index contributed by atoms with van der Waals surface area (Å²) in [6.45, 7) is 0. The molecule has 0 radical (unpaired) electrons. The highest BCUT2D eigenvalue weighted by Crippen LogP contribution is 2.40. The minimum atomic E-state index is -4.66. The number of aromatic nitrogens is 1. The van der Waals surface area contributed by atoms with E-state index < -0.39 is 17.6 Å². The van der Waals surface area contributed by atoms with E-state index in [1.54, 1.807) is 0 Å². The van der Waals surface area contributed by atoms with E-state index >= 15 is 0 Å². The van der Waals surface area contributed by atoms with Crippen LogP contribution in [0.4, 0.5) is 17.6 Å². The molecular formula is C11H6ClF4N. The van der Waals surface area contributed by atoms with Gasteiger partial charge in [0.05, 0.1) is 10.6 Å². The van der Waals surface area contributed by atoms with Gasteiger partial charge in [0.25, 0.3) is 0 Å². The molecule has 6 heteroatoms. The van der Waals surface area contributed by atoms with Crippen LogP contribution in [0, 0.1) is 5.82 Å². The molecule has 0 bridgehead atoms. The van der Waals surface area contributed by atoms with E-state index in [1.165, 1.54) is 18.3 Å². The Morgan fingerprint density at radius 3 is 2.41 bits per heavy atom. The second kappa shape index (κ2) is 4.07. The van der Waals surface area contributed by atoms with E-state index in [4.69, 9.17) is 11.6 Å². The molecule has 1 N–H and O–H groups in total. The molecule has 0 saturated heterocycles. The summed E-state index contributed by atoms with van der Waals surface area (Å²) in [5.41, 5.74) is -1.14. The lowest BCUT2D eigenvalue weighted by molar-refractivity contribution is -0.137. The van der Waals surface area contributed by atoms with Crippen LogP contribution in [0.15, 0.2) is 30.5 Å². The molecule has 1 aromatic heterocycles. The Hall–Kier alpha value is -1.49. The van der Waals surface area contributed by atoms with Crippen molar-refractivity contribution < 1.29 is 17.6 Å². The number of nitrogens with one attached hydrogen (secondary N) is 1. The molecule has 0 unspecified atom stereocenters. The van der Waals surface area contributed by atoms with Crippen molar-refractivity contribution in [3.63, 3.8) is 0 Å². The SMILES string of the molecule is Fc1cc(Cl)c(-c2ccc[nH]2)c(C(F)(F)F)c1. The highest BCUT2D eigenvalue weighted by Gasteiger charge is 2.35. The fourth-order valence-corrected chi connectivity index (χ4v) is 1.86. The average Bonchev–Trinajstić information content (AvgIpc) is 2.67. The summed E-state index contributed by atoms with van der Waals surface area (Å²) >= 11 is 5.67. The zero-order chi connectivity index (χ0) is 12.6. The maximum Gasteiger partial charge on any atom is 0.417 e. The predicted octanol–water partition coefficient (Wildman–Crippen LogP) is 4.49. The van der Waals surface area contributed by atoms with E-state index in [1.807, 2.05) is 0 Å². The maximum absolute atomic E-state index is 13.0. The second-order valence-electron chi connectivity index (χ2n) is 3.39. The molecule has 1 nitrogen and oxygen atoms in total. The van der Waals surface area contributed by atoms with Gasteiger partial charge in [-0.1, -0.05) is 11.6 Å². The smallest absolute Gasteiger partial charge is 0.361 e. The Morgan fingerprint density at radius 2 is 1.88 bits per heavy atom. The van der Waals surface area contributed by atoms with Crippen molar-refractivity contribution in [2.45, 2.75) is 6.18 Å². The number of alkyl halides is 3. The van der Waals surface area contributed by atoms with Crippen LogP contribution in [0.3, 0.4) is 0 Å². The van der Waals surface area contributed by atoms with E-state index in [9.17, 15) is 17.6 Å². The Balaban J connectivity index is 2.73. The first-order chi connectivity index (χ1) is 7.89. The third-order valence-electron chi connectivity index (χ3n) is 2.23. The normalized spacial score (nSPS) is 11.8. The van der Waals surface area contributed by atoms with Crippen LogP contribution in [0.2, 0.25) is 5.02 Å². The first-order valence-electron chi connectivity index (χ1n) is 4.59. The number of halogens is 5. The lowest BCUT2D eigenvalue weighted by Crippen LogP contribution is -2.08. The van der Waals surface area contributed by atoms with Crippen molar-refractivity contribution in [2.24, 2.45) is 0 Å². The molecule has 0 amide bonds. The van der Waals surface area contributed by atoms with E-state index in [0.717, 1.165) is 6.07 Å². The van der Waals surface area contributed by atoms with Gasteiger partial charge in [0.15, 0.2) is 0 Å². The number of hydrogen-bond donors (Lipinski definition) is 1. The average molecular weight is 264 g/mol. The molecule has 2 aromatic rings. The number of rotatable bonds is 1. The summed E-state index contributed by atoms with van der Waals surface area (Å²) in [4.78, 5) is 2.62. The highest BCUT2D eigenvalue weighted by molar-refractivity contribution is 6.33. The van der Waals surface area contributed by atoms with Gasteiger partial charge in [-0.25, -0.2) is 4.39 Å². The van der Waals surface area contributed by atoms with Crippen molar-refractivity contribution in [1.82, 2.24) is 4.98 Å². The lowest BCUT2D eigenvalue weighted by atomic mass is 10.0. The molecule has 0 aliphatic heterocycles. The largest absolute Gasteiger partial charge is 0.417 e. The fraction of sp³-hybridized carbons (Fsp3) is 0.0909. The molecule has 0 fully saturated rings. The van der Waals surface area contributed by atoms with Crippen LogP contribution in [0.5, 0.6) is 0 Å². The minimum Gasteiger partial charge on any atom is -0.361 e. The van der Waals surface area contributed by atoms with Gasteiger partial charge in [0.2, 0.25) is 0 Å². The van der Waals surface area contributed by atoms with Gasteiger partial charge in [-0.15, -0.1) is 0 Å². The number of hydrogen-bond acceptors (Lipinski definition) is 0. The van der Waals surface area contributed by atoms with Crippen molar-refractivity contribution in [3.05, 3.63) is 46.9 Å². The molecule has 0 spiro atoms. The van der Waals surface area contributed by atoms with E-state index in [-0.39, 0.29) is 16.3 Å². The molecule has 1 heterocycles. The predicted molar refractivity (Wildman–Crippen MR) is 56.2 cm³/mol. The summed E-state index contributed by atoms with van der Waals surface area (Å²) in [5, 5.41) is -0.278. The van der Waals surface area contributed by atoms with E-state index in [2.05, 4.69) is 4.98 Å². The molecule has 0 atom stereocenters. The zero-order valence-electron chi connectivity index (χ0n) is 8.28. The summed E-state index contributed by atoms with van der Waals surface area (Å²) in [5.74, 6) is -1.02. The number of aromatic amines is 1. The molecule has 0 saturated carbocycles. The second-order valence-corrected chi connectivity index (χ2v) is 3.80. The first kappa shape index (κ1) is 12.0. The van der Waals surface area contributed by atoms with Crippen LogP contribution in [0.1, 0.15) is 5.56 Å². The lowest BCUT2D eigenvalue weighted by Gasteiger charge is -2.13. The quantitative estimate of drug-likeness (QED) is 0.730. The molecular weight excluding hydrogens is 258 g/mol. The molecule has 90 valence electrons. The van der Waals surface area contributed by atoms with Crippen LogP contribution in [-0.2, 0) is 6.18 Å². The monoisotopic (exact) mass is 263 g/mol. The van der Waals surface area contributed by atoms with Gasteiger partial charge in [-0.2, -0.15) is 13.2 Å². The molecule has 0 aliphatic rings. The van der Waals surface area contributed by atoms with Gasteiger partial charge in [-0.05, 0) is 24.3 Å². The van der Waals surface area contributed by atoms with Gasteiger partial charge < -0.3 is 4.98 Å². The highest BCUT2D eigenvalue weighted by atomic mass is 35.5. The van der Waals surface area contributed by atoms with Crippen LogP contribution in [-0.4, -0.2) is 4.98 Å². The molecule has 17 heavy (non-hydrogen) atoms. The molecule has 2 rings (SSSR count). The van der Waals surface area contributed by atoms with Crippen molar-refractivity contribution >= 4 is 11.6 Å². The summed E-state index contributed by atoms with van der Waals surface area (Å²) < 4.78 is 51.3. The maximum atomic E-state index is 13.0. The van der Waals surface area contributed by atoms with Crippen LogP contribution in [0.25, 0.3) is 11.3 Å². The number of H-pyrrole nitrogens is 1. The fourth-order valence-electron chi connectivity index (χ4n) is 1.56. The Morgan fingerprint density at radius 1 is 1.18 bits per heavy atom. The molecule has 1 aromatic carbocycles. The summed E-state index contributed by atoms with van der Waals surface area (Å²) in [7, 11) is 0. The minimum absolute atomic E-state index is 0.197. The standard InChI is InChI=1S/C11H6ClF4N/c12-8-5-6(13)4-7(11(14,15)16)10(8)9-2-1-3-17-9/h1-5,17H. The zero-order valence-corrected chi connectivity index (χ0v) is 9.03. The van der Waals surface area contributed by atoms with Gasteiger partial charge in [-0.3, -0.25) is 0 Å². The van der Waals surface area contributed by atoms with Crippen molar-refractivity contribution in [2.75, 3.05) is 0 Å². The third-order valence-corrected chi connectivity index (χ3v) is 2.53. The Labute approximate surface area is 99.0 Å². The Bertz CT molecular complexity index is 531. The Kier molecular flexibility index (Phi) is 2.87. The van der Waals surface area contributed by atoms with E-state index in [0.29, 0.717) is 6.07 Å². The third kappa shape index (κ3) is 2.29.